The lowest BCUT2D eigenvalue weighted by atomic mass is 9.81. The molecule has 0 unspecified atom stereocenters. The van der Waals surface area contributed by atoms with Gasteiger partial charge in [-0.15, -0.1) is 0 Å². The van der Waals surface area contributed by atoms with Gasteiger partial charge in [-0.05, 0) is 68.7 Å². The Morgan fingerprint density at radius 2 is 1.86 bits per heavy atom. The standard InChI is InChI=1S/C29H37N7/c1-17(2)26-27(23-16-36(32-6)29(31-5)19(4)18(23)3)34-25-12-11-24(33-28(25)26)21-7-9-22(10-8-21)35-14-20(13-30)15-35/h11-12,16-17,20-22,34H,6-10,14-15H2,1-5H3. The van der Waals surface area contributed by atoms with E-state index in [-0.39, 0.29) is 5.92 Å². The Labute approximate surface area is 213 Å². The lowest BCUT2D eigenvalue weighted by Gasteiger charge is -2.44. The zero-order chi connectivity index (χ0) is 25.6. The fraction of sp³-hybridized carbons (Fsp3) is 0.517. The van der Waals surface area contributed by atoms with Crippen molar-refractivity contribution in [1.82, 2.24) is 19.5 Å². The Hall–Kier alpha value is -3.24. The fourth-order valence-corrected chi connectivity index (χ4v) is 6.18. The number of fused-ring (bicyclic) bond motifs is 1. The van der Waals surface area contributed by atoms with Gasteiger partial charge in [0.25, 0.3) is 0 Å². The summed E-state index contributed by atoms with van der Waals surface area (Å²) in [5.74, 6) is 1.05. The van der Waals surface area contributed by atoms with Crippen LogP contribution in [0.5, 0.6) is 0 Å². The number of aromatic amines is 1. The summed E-state index contributed by atoms with van der Waals surface area (Å²) in [6, 6.07) is 7.46. The molecule has 4 heterocycles. The van der Waals surface area contributed by atoms with Gasteiger partial charge in [0, 0.05) is 61.8 Å². The van der Waals surface area contributed by atoms with Gasteiger partial charge in [0.15, 0.2) is 5.49 Å². The number of nitrogens with one attached hydrogen (secondary N) is 1. The van der Waals surface area contributed by atoms with Crippen LogP contribution in [0.15, 0.2) is 28.4 Å². The highest BCUT2D eigenvalue weighted by molar-refractivity contribution is 5.89. The molecule has 1 saturated heterocycles. The molecule has 0 amide bonds. The third-order valence-electron chi connectivity index (χ3n) is 8.41. The molecule has 2 aliphatic rings. The summed E-state index contributed by atoms with van der Waals surface area (Å²) in [6.07, 6.45) is 6.75. The summed E-state index contributed by atoms with van der Waals surface area (Å²) in [7, 11) is 1.79. The number of hydrogen-bond acceptors (Lipinski definition) is 5. The van der Waals surface area contributed by atoms with Crippen molar-refractivity contribution in [2.24, 2.45) is 16.0 Å². The Morgan fingerprint density at radius 3 is 2.47 bits per heavy atom. The van der Waals surface area contributed by atoms with Crippen LogP contribution in [-0.2, 0) is 0 Å². The molecule has 2 fully saturated rings. The molecule has 7 nitrogen and oxygen atoms in total. The number of hydrogen-bond donors (Lipinski definition) is 1. The van der Waals surface area contributed by atoms with Crippen molar-refractivity contribution >= 4 is 17.8 Å². The van der Waals surface area contributed by atoms with Crippen molar-refractivity contribution < 1.29 is 0 Å². The van der Waals surface area contributed by atoms with Crippen LogP contribution in [0.25, 0.3) is 22.3 Å². The van der Waals surface area contributed by atoms with Crippen molar-refractivity contribution in [3.05, 3.63) is 46.2 Å². The second-order valence-corrected chi connectivity index (χ2v) is 10.8. The number of rotatable bonds is 5. The third kappa shape index (κ3) is 4.08. The van der Waals surface area contributed by atoms with Crippen LogP contribution in [0.1, 0.15) is 73.8 Å². The summed E-state index contributed by atoms with van der Waals surface area (Å²) in [5.41, 5.74) is 9.96. The predicted molar refractivity (Wildman–Crippen MR) is 145 cm³/mol. The topological polar surface area (TPSA) is 85.4 Å². The second-order valence-electron chi connectivity index (χ2n) is 10.8. The Morgan fingerprint density at radius 1 is 1.14 bits per heavy atom. The highest BCUT2D eigenvalue weighted by Gasteiger charge is 2.35. The largest absolute Gasteiger partial charge is 0.353 e. The van der Waals surface area contributed by atoms with Crippen LogP contribution in [0.3, 0.4) is 0 Å². The van der Waals surface area contributed by atoms with Crippen LogP contribution in [0.4, 0.5) is 0 Å². The van der Waals surface area contributed by atoms with Crippen molar-refractivity contribution in [3.8, 4) is 17.3 Å². The predicted octanol–water partition coefficient (Wildman–Crippen LogP) is 5.25. The van der Waals surface area contributed by atoms with Crippen LogP contribution in [0, 0.1) is 31.1 Å². The summed E-state index contributed by atoms with van der Waals surface area (Å²) in [5, 5.41) is 13.3. The summed E-state index contributed by atoms with van der Waals surface area (Å²) < 4.78 is 1.77. The normalized spacial score (nSPS) is 21.6. The minimum atomic E-state index is 0.237. The van der Waals surface area contributed by atoms with Crippen LogP contribution in [0.2, 0.25) is 0 Å². The van der Waals surface area contributed by atoms with Crippen LogP contribution < -0.4 is 5.49 Å². The second kappa shape index (κ2) is 9.67. The maximum Gasteiger partial charge on any atom is 0.151 e. The zero-order valence-corrected chi connectivity index (χ0v) is 22.2. The van der Waals surface area contributed by atoms with E-state index in [1.54, 1.807) is 11.7 Å². The molecular weight excluding hydrogens is 446 g/mol. The van der Waals surface area contributed by atoms with Crippen molar-refractivity contribution in [1.29, 1.82) is 5.26 Å². The zero-order valence-electron chi connectivity index (χ0n) is 22.2. The Bertz CT molecular complexity index is 1400. The first kappa shape index (κ1) is 24.5. The third-order valence-corrected chi connectivity index (χ3v) is 8.41. The summed E-state index contributed by atoms with van der Waals surface area (Å²) >= 11 is 0. The molecule has 3 aromatic rings. The van der Waals surface area contributed by atoms with Gasteiger partial charge in [-0.1, -0.05) is 13.8 Å². The lowest BCUT2D eigenvalue weighted by molar-refractivity contribution is 0.0559. The first-order valence-electron chi connectivity index (χ1n) is 13.1. The maximum atomic E-state index is 9.09. The number of H-pyrrole nitrogens is 1. The van der Waals surface area contributed by atoms with Crippen LogP contribution in [-0.4, -0.2) is 52.4 Å². The van der Waals surface area contributed by atoms with E-state index in [2.05, 4.69) is 72.6 Å². The molecular formula is C29H37N7. The summed E-state index contributed by atoms with van der Waals surface area (Å²) in [4.78, 5) is 15.9. The highest BCUT2D eigenvalue weighted by Crippen LogP contribution is 2.40. The molecule has 0 bridgehead atoms. The minimum absolute atomic E-state index is 0.237. The average Bonchev–Trinajstić information content (AvgIpc) is 3.24. The molecule has 1 N–H and O–H groups in total. The van der Waals surface area contributed by atoms with Crippen molar-refractivity contribution in [3.63, 3.8) is 0 Å². The Kier molecular flexibility index (Phi) is 6.57. The number of likely N-dealkylation sites (tertiary alicyclic amines) is 1. The molecule has 3 aromatic heterocycles. The molecule has 0 spiro atoms. The quantitative estimate of drug-likeness (QED) is 0.503. The molecule has 1 aliphatic carbocycles. The van der Waals surface area contributed by atoms with Gasteiger partial charge in [0.2, 0.25) is 0 Å². The maximum absolute atomic E-state index is 9.09. The van der Waals surface area contributed by atoms with Gasteiger partial charge in [0.1, 0.15) is 0 Å². The van der Waals surface area contributed by atoms with E-state index in [9.17, 15) is 0 Å². The average molecular weight is 484 g/mol. The molecule has 5 rings (SSSR count). The molecule has 188 valence electrons. The minimum Gasteiger partial charge on any atom is -0.353 e. The van der Waals surface area contributed by atoms with E-state index in [4.69, 9.17) is 10.2 Å². The summed E-state index contributed by atoms with van der Waals surface area (Å²) in [6.45, 7) is 14.4. The van der Waals surface area contributed by atoms with Gasteiger partial charge >= 0.3 is 0 Å². The first-order valence-corrected chi connectivity index (χ1v) is 13.1. The molecule has 36 heavy (non-hydrogen) atoms. The Balaban J connectivity index is 1.49. The van der Waals surface area contributed by atoms with Gasteiger partial charge in [-0.25, -0.2) is 4.68 Å². The number of pyridine rings is 2. The molecule has 1 saturated carbocycles. The van der Waals surface area contributed by atoms with Crippen molar-refractivity contribution in [2.75, 3.05) is 20.1 Å². The molecule has 0 atom stereocenters. The van der Waals surface area contributed by atoms with E-state index >= 15 is 0 Å². The van der Waals surface area contributed by atoms with Gasteiger partial charge in [-0.2, -0.15) is 10.4 Å². The van der Waals surface area contributed by atoms with E-state index in [0.29, 0.717) is 17.9 Å². The fourth-order valence-electron chi connectivity index (χ4n) is 6.18. The smallest absolute Gasteiger partial charge is 0.151 e. The van der Waals surface area contributed by atoms with Gasteiger partial charge < -0.3 is 4.98 Å². The number of nitriles is 1. The van der Waals surface area contributed by atoms with Crippen LogP contribution >= 0.6 is 0 Å². The highest BCUT2D eigenvalue weighted by atomic mass is 15.3. The van der Waals surface area contributed by atoms with E-state index in [0.717, 1.165) is 59.3 Å². The van der Waals surface area contributed by atoms with Gasteiger partial charge in [0.05, 0.1) is 28.7 Å². The SMILES string of the molecule is C=Nn1cc(-c2[nH]c3ccc(C4CCC(N5CC(C#N)C5)CC4)nc3c2C(C)C)c(C)c(C)c1=NC. The molecule has 7 heteroatoms. The monoisotopic (exact) mass is 483 g/mol. The lowest BCUT2D eigenvalue weighted by Crippen LogP contribution is -2.52. The van der Waals surface area contributed by atoms with E-state index in [1.165, 1.54) is 29.7 Å². The molecule has 0 aromatic carbocycles. The number of nitrogens with zero attached hydrogens (tertiary/aromatic N) is 6. The first-order chi connectivity index (χ1) is 17.4. The van der Waals surface area contributed by atoms with E-state index in [1.807, 2.05) is 6.20 Å². The van der Waals surface area contributed by atoms with E-state index < -0.39 is 0 Å². The molecule has 1 aliphatic heterocycles. The van der Waals surface area contributed by atoms with Crippen molar-refractivity contribution in [2.45, 2.75) is 71.3 Å². The van der Waals surface area contributed by atoms with Gasteiger partial charge in [-0.3, -0.25) is 14.9 Å². The number of aromatic nitrogens is 3. The molecule has 0 radical (unpaired) electrons.